The highest BCUT2D eigenvalue weighted by Gasteiger charge is 2.29. The van der Waals surface area contributed by atoms with Crippen LogP contribution in [-0.4, -0.2) is 26.5 Å². The van der Waals surface area contributed by atoms with Crippen LogP contribution >= 0.6 is 58.1 Å². The molecule has 0 saturated carbocycles. The standard InChI is InChI=1S/C14H13Cl3N2O2S2/c1-3-21-13(20)19(23-14(15,16)17)18-8-12-9(2)10-6-4-5-7-11(10)22-12/h4-8H,3H2,1-2H3/b18-8-. The number of thiophene rings is 1. The average molecular weight is 412 g/mol. The smallest absolute Gasteiger partial charge is 0.441 e. The third-order valence-corrected chi connectivity index (χ3v) is 5.23. The molecule has 0 fully saturated rings. The van der Waals surface area contributed by atoms with Crippen molar-refractivity contribution in [3.8, 4) is 0 Å². The van der Waals surface area contributed by atoms with E-state index in [1.807, 2.05) is 31.2 Å². The minimum Gasteiger partial charge on any atom is -0.448 e. The zero-order valence-electron chi connectivity index (χ0n) is 12.3. The fourth-order valence-electron chi connectivity index (χ4n) is 1.81. The zero-order valence-corrected chi connectivity index (χ0v) is 16.2. The van der Waals surface area contributed by atoms with E-state index in [1.165, 1.54) is 0 Å². The van der Waals surface area contributed by atoms with E-state index >= 15 is 0 Å². The lowest BCUT2D eigenvalue weighted by Crippen LogP contribution is -2.23. The van der Waals surface area contributed by atoms with Crippen LogP contribution in [0.5, 0.6) is 0 Å². The first-order valence-electron chi connectivity index (χ1n) is 6.56. The number of rotatable bonds is 4. The summed E-state index contributed by atoms with van der Waals surface area (Å²) in [5.41, 5.74) is 1.08. The van der Waals surface area contributed by atoms with Gasteiger partial charge < -0.3 is 4.74 Å². The highest BCUT2D eigenvalue weighted by atomic mass is 35.6. The van der Waals surface area contributed by atoms with Gasteiger partial charge in [0.05, 0.1) is 17.7 Å². The Morgan fingerprint density at radius 3 is 2.74 bits per heavy atom. The molecule has 124 valence electrons. The Labute approximate surface area is 157 Å². The quantitative estimate of drug-likeness (QED) is 0.269. The van der Waals surface area contributed by atoms with Gasteiger partial charge in [-0.25, -0.2) is 4.79 Å². The van der Waals surface area contributed by atoms with Gasteiger partial charge >= 0.3 is 6.09 Å². The number of hydrogen-bond donors (Lipinski definition) is 0. The largest absolute Gasteiger partial charge is 0.448 e. The van der Waals surface area contributed by atoms with Gasteiger partial charge in [0.15, 0.2) is 0 Å². The number of hydrazone groups is 1. The number of carbonyl (C=O) groups is 1. The molecule has 0 unspecified atom stereocenters. The van der Waals surface area contributed by atoms with Crippen molar-refractivity contribution in [3.63, 3.8) is 0 Å². The van der Waals surface area contributed by atoms with Gasteiger partial charge in [0.2, 0.25) is 0 Å². The van der Waals surface area contributed by atoms with Crippen molar-refractivity contribution in [2.24, 2.45) is 5.10 Å². The summed E-state index contributed by atoms with van der Waals surface area (Å²) in [6, 6.07) is 8.02. The SMILES string of the molecule is CCOC(=O)N(/N=C\c1sc2ccccc2c1C)SC(Cl)(Cl)Cl. The Hall–Kier alpha value is -0.660. The summed E-state index contributed by atoms with van der Waals surface area (Å²) in [7, 11) is 0. The number of carbonyl (C=O) groups excluding carboxylic acids is 1. The van der Waals surface area contributed by atoms with Crippen molar-refractivity contribution in [3.05, 3.63) is 34.7 Å². The van der Waals surface area contributed by atoms with Crippen LogP contribution in [0.15, 0.2) is 29.4 Å². The van der Waals surface area contributed by atoms with Crippen LogP contribution in [0.4, 0.5) is 4.79 Å². The van der Waals surface area contributed by atoms with Gasteiger partial charge in [-0.1, -0.05) is 53.0 Å². The number of halogens is 3. The van der Waals surface area contributed by atoms with Gasteiger partial charge in [-0.2, -0.15) is 5.10 Å². The van der Waals surface area contributed by atoms with E-state index in [9.17, 15) is 4.79 Å². The monoisotopic (exact) mass is 410 g/mol. The molecular weight excluding hydrogens is 399 g/mol. The number of aryl methyl sites for hydroxylation is 1. The summed E-state index contributed by atoms with van der Waals surface area (Å²) < 4.78 is 5.26. The summed E-state index contributed by atoms with van der Waals surface area (Å²) in [4.78, 5) is 12.8. The van der Waals surface area contributed by atoms with E-state index in [4.69, 9.17) is 39.5 Å². The second-order valence-corrected chi connectivity index (χ2v) is 9.52. The van der Waals surface area contributed by atoms with Gasteiger partial charge in [-0.3, -0.25) is 0 Å². The Kier molecular flexibility index (Phi) is 6.45. The summed E-state index contributed by atoms with van der Waals surface area (Å²) >= 11 is 19.4. The summed E-state index contributed by atoms with van der Waals surface area (Å²) in [5, 5.41) is 5.26. The molecule has 9 heteroatoms. The normalized spacial score (nSPS) is 12.0. The van der Waals surface area contributed by atoms with Crippen molar-refractivity contribution in [2.75, 3.05) is 6.61 Å². The molecule has 1 amide bonds. The van der Waals surface area contributed by atoms with Crippen LogP contribution < -0.4 is 0 Å². The maximum atomic E-state index is 11.9. The predicted octanol–water partition coefficient (Wildman–Crippen LogP) is 5.98. The maximum absolute atomic E-state index is 11.9. The van der Waals surface area contributed by atoms with Crippen LogP contribution in [0.25, 0.3) is 10.1 Å². The average Bonchev–Trinajstić information content (AvgIpc) is 2.79. The lowest BCUT2D eigenvalue weighted by atomic mass is 10.1. The first kappa shape index (κ1) is 18.7. The minimum atomic E-state index is -1.72. The first-order chi connectivity index (χ1) is 10.8. The molecule has 2 aromatic rings. The Bertz CT molecular complexity index is 728. The highest BCUT2D eigenvalue weighted by Crippen LogP contribution is 2.41. The Morgan fingerprint density at radius 2 is 2.13 bits per heavy atom. The fraction of sp³-hybridized carbons (Fsp3) is 0.286. The highest BCUT2D eigenvalue weighted by molar-refractivity contribution is 8.03. The van der Waals surface area contributed by atoms with Crippen molar-refractivity contribution in [1.82, 2.24) is 4.41 Å². The Morgan fingerprint density at radius 1 is 1.43 bits per heavy atom. The fourth-order valence-corrected chi connectivity index (χ4v) is 3.89. The lowest BCUT2D eigenvalue weighted by Gasteiger charge is -2.18. The van der Waals surface area contributed by atoms with Gasteiger partial charge in [-0.05, 0) is 30.9 Å². The molecule has 0 aliphatic heterocycles. The van der Waals surface area contributed by atoms with Crippen molar-refractivity contribution in [2.45, 2.75) is 17.0 Å². The lowest BCUT2D eigenvalue weighted by molar-refractivity contribution is 0.134. The number of benzene rings is 1. The predicted molar refractivity (Wildman–Crippen MR) is 101 cm³/mol. The molecule has 4 nitrogen and oxygen atoms in total. The van der Waals surface area contributed by atoms with E-state index in [1.54, 1.807) is 24.5 Å². The van der Waals surface area contributed by atoms with Gasteiger partial charge in [-0.15, -0.1) is 15.8 Å². The minimum absolute atomic E-state index is 0.202. The molecule has 0 bridgehead atoms. The number of nitrogens with zero attached hydrogens (tertiary/aromatic N) is 2. The van der Waals surface area contributed by atoms with Crippen LogP contribution in [0, 0.1) is 6.92 Å². The molecule has 0 N–H and O–H groups in total. The summed E-state index contributed by atoms with van der Waals surface area (Å²) in [6.45, 7) is 3.89. The summed E-state index contributed by atoms with van der Waals surface area (Å²) in [6.07, 6.45) is 0.874. The van der Waals surface area contributed by atoms with E-state index in [-0.39, 0.29) is 6.61 Å². The second-order valence-electron chi connectivity index (χ2n) is 4.34. The molecule has 1 aromatic carbocycles. The second kappa shape index (κ2) is 7.94. The molecule has 23 heavy (non-hydrogen) atoms. The van der Waals surface area contributed by atoms with Crippen molar-refractivity contribution in [1.29, 1.82) is 0 Å². The molecular formula is C14H13Cl3N2O2S2. The van der Waals surface area contributed by atoms with Crippen LogP contribution in [0.3, 0.4) is 0 Å². The van der Waals surface area contributed by atoms with Crippen LogP contribution in [0.1, 0.15) is 17.4 Å². The number of hydrogen-bond acceptors (Lipinski definition) is 5. The van der Waals surface area contributed by atoms with E-state index in [2.05, 4.69) is 5.10 Å². The molecule has 0 saturated heterocycles. The number of amides is 1. The van der Waals surface area contributed by atoms with E-state index in [0.717, 1.165) is 24.9 Å². The van der Waals surface area contributed by atoms with Crippen molar-refractivity contribution < 1.29 is 9.53 Å². The van der Waals surface area contributed by atoms with Gasteiger partial charge in [0.1, 0.15) is 0 Å². The number of alkyl halides is 3. The number of ether oxygens (including phenoxy) is 1. The maximum Gasteiger partial charge on any atom is 0.441 e. The third kappa shape index (κ3) is 5.16. The van der Waals surface area contributed by atoms with Gasteiger partial charge in [0, 0.05) is 16.6 Å². The molecule has 2 rings (SSSR count). The summed E-state index contributed by atoms with van der Waals surface area (Å²) in [5.74, 6) is 0. The molecule has 1 heterocycles. The first-order valence-corrected chi connectivity index (χ1v) is 9.29. The van der Waals surface area contributed by atoms with Crippen LogP contribution in [-0.2, 0) is 4.74 Å². The van der Waals surface area contributed by atoms with E-state index in [0.29, 0.717) is 11.9 Å². The number of fused-ring (bicyclic) bond motifs is 1. The molecule has 0 aliphatic carbocycles. The van der Waals surface area contributed by atoms with Crippen LogP contribution in [0.2, 0.25) is 0 Å². The molecule has 1 aromatic heterocycles. The van der Waals surface area contributed by atoms with E-state index < -0.39 is 9.22 Å². The zero-order chi connectivity index (χ0) is 17.0. The van der Waals surface area contributed by atoms with Gasteiger partial charge in [0.25, 0.3) is 3.12 Å². The third-order valence-electron chi connectivity index (χ3n) is 2.77. The topological polar surface area (TPSA) is 41.9 Å². The van der Waals surface area contributed by atoms with Crippen molar-refractivity contribution >= 4 is 80.5 Å². The molecule has 0 aliphatic rings. The molecule has 0 spiro atoms. The molecule has 0 atom stereocenters. The Balaban J connectivity index is 2.27. The molecule has 0 radical (unpaired) electrons.